The predicted octanol–water partition coefficient (Wildman–Crippen LogP) is 4.13. The highest BCUT2D eigenvalue weighted by atomic mass is 32.1. The molecule has 0 atom stereocenters. The minimum atomic E-state index is 0.591. The van der Waals surface area contributed by atoms with E-state index < -0.39 is 0 Å². The van der Waals surface area contributed by atoms with Crippen LogP contribution >= 0.6 is 11.3 Å². The van der Waals surface area contributed by atoms with Crippen LogP contribution < -0.4 is 5.32 Å². The average Bonchev–Trinajstić information content (AvgIpc) is 2.62. The maximum absolute atomic E-state index is 4.43. The van der Waals surface area contributed by atoms with Crippen LogP contribution in [0.25, 0.3) is 10.2 Å². The second-order valence-electron chi connectivity index (χ2n) is 5.15. The number of nitrogens with zero attached hydrogens (tertiary/aromatic N) is 2. The van der Waals surface area contributed by atoms with Crippen LogP contribution in [0.5, 0.6) is 0 Å². The molecule has 2 heterocycles. The Labute approximate surface area is 112 Å². The maximum atomic E-state index is 4.43. The zero-order valence-corrected chi connectivity index (χ0v) is 11.6. The van der Waals surface area contributed by atoms with Crippen LogP contribution in [0.4, 0.5) is 5.82 Å². The summed E-state index contributed by atoms with van der Waals surface area (Å²) in [6.45, 7) is 2.11. The molecule has 96 valence electrons. The summed E-state index contributed by atoms with van der Waals surface area (Å²) < 4.78 is 1.21. The van der Waals surface area contributed by atoms with Crippen molar-refractivity contribution in [2.75, 3.05) is 5.32 Å². The van der Waals surface area contributed by atoms with Gasteiger partial charge in [0.05, 0.1) is 10.2 Å². The molecule has 3 nitrogen and oxygen atoms in total. The topological polar surface area (TPSA) is 37.8 Å². The Morgan fingerprint density at radius 1 is 1.17 bits per heavy atom. The van der Waals surface area contributed by atoms with E-state index in [2.05, 4.69) is 27.6 Å². The van der Waals surface area contributed by atoms with Gasteiger partial charge < -0.3 is 5.32 Å². The van der Waals surface area contributed by atoms with Crippen LogP contribution in [0, 0.1) is 6.92 Å². The third kappa shape index (κ3) is 2.34. The fraction of sp³-hybridized carbons (Fsp3) is 0.571. The molecule has 3 rings (SSSR count). The van der Waals surface area contributed by atoms with Gasteiger partial charge in [0.1, 0.15) is 12.1 Å². The Kier molecular flexibility index (Phi) is 3.46. The van der Waals surface area contributed by atoms with E-state index in [1.165, 1.54) is 48.8 Å². The van der Waals surface area contributed by atoms with E-state index in [1.807, 2.05) is 0 Å². The molecule has 0 spiro atoms. The van der Waals surface area contributed by atoms with Gasteiger partial charge in [0.15, 0.2) is 0 Å². The van der Waals surface area contributed by atoms with Gasteiger partial charge in [0.2, 0.25) is 0 Å². The van der Waals surface area contributed by atoms with Crippen LogP contribution in [-0.4, -0.2) is 16.0 Å². The molecule has 18 heavy (non-hydrogen) atoms. The molecule has 0 aromatic carbocycles. The van der Waals surface area contributed by atoms with E-state index in [1.54, 1.807) is 17.7 Å². The molecule has 0 aliphatic heterocycles. The lowest BCUT2D eigenvalue weighted by atomic mass is 10.1. The molecule has 0 amide bonds. The van der Waals surface area contributed by atoms with Crippen molar-refractivity contribution in [3.8, 4) is 0 Å². The zero-order valence-electron chi connectivity index (χ0n) is 10.8. The Hall–Kier alpha value is -1.16. The first-order chi connectivity index (χ1) is 8.84. The highest BCUT2D eigenvalue weighted by molar-refractivity contribution is 7.18. The predicted molar refractivity (Wildman–Crippen MR) is 77.3 cm³/mol. The summed E-state index contributed by atoms with van der Waals surface area (Å²) in [5, 5.41) is 5.80. The van der Waals surface area contributed by atoms with Gasteiger partial charge in [0, 0.05) is 6.04 Å². The van der Waals surface area contributed by atoms with E-state index in [9.17, 15) is 0 Å². The van der Waals surface area contributed by atoms with Gasteiger partial charge in [0.25, 0.3) is 0 Å². The Morgan fingerprint density at radius 3 is 2.72 bits per heavy atom. The summed E-state index contributed by atoms with van der Waals surface area (Å²) in [7, 11) is 0. The second kappa shape index (κ2) is 5.22. The lowest BCUT2D eigenvalue weighted by Gasteiger charge is -2.16. The lowest BCUT2D eigenvalue weighted by Crippen LogP contribution is -2.19. The summed E-state index contributed by atoms with van der Waals surface area (Å²) in [5.74, 6) is 1.03. The molecule has 1 fully saturated rings. The summed E-state index contributed by atoms with van der Waals surface area (Å²) >= 11 is 1.75. The standard InChI is InChI=1S/C14H19N3S/c1-10-8-18-13-12(10)15-9-16-14(13)17-11-6-4-2-3-5-7-11/h8-9,11H,2-7H2,1H3,(H,15,16,17). The first kappa shape index (κ1) is 11.9. The van der Waals surface area contributed by atoms with Crippen LogP contribution in [0.3, 0.4) is 0 Å². The quantitative estimate of drug-likeness (QED) is 0.826. The molecule has 0 radical (unpaired) electrons. The summed E-state index contributed by atoms with van der Waals surface area (Å²) in [6, 6.07) is 0.591. The van der Waals surface area contributed by atoms with E-state index in [-0.39, 0.29) is 0 Å². The number of rotatable bonds is 2. The number of nitrogens with one attached hydrogen (secondary N) is 1. The number of anilines is 1. The second-order valence-corrected chi connectivity index (χ2v) is 6.03. The molecule has 2 aromatic heterocycles. The highest BCUT2D eigenvalue weighted by Crippen LogP contribution is 2.30. The van der Waals surface area contributed by atoms with Gasteiger partial charge in [-0.15, -0.1) is 11.3 Å². The van der Waals surface area contributed by atoms with Crippen molar-refractivity contribution in [3.05, 3.63) is 17.3 Å². The van der Waals surface area contributed by atoms with Crippen LogP contribution in [-0.2, 0) is 0 Å². The molecule has 2 aromatic rings. The normalized spacial score (nSPS) is 17.8. The van der Waals surface area contributed by atoms with Crippen molar-refractivity contribution in [1.82, 2.24) is 9.97 Å². The third-order valence-electron chi connectivity index (χ3n) is 3.73. The van der Waals surface area contributed by atoms with Crippen molar-refractivity contribution in [2.45, 2.75) is 51.5 Å². The van der Waals surface area contributed by atoms with Gasteiger partial charge in [-0.3, -0.25) is 0 Å². The van der Waals surface area contributed by atoms with E-state index in [0.29, 0.717) is 6.04 Å². The molecule has 1 aliphatic rings. The molecular formula is C14H19N3S. The summed E-state index contributed by atoms with van der Waals surface area (Å²) in [6.07, 6.45) is 9.68. The maximum Gasteiger partial charge on any atom is 0.147 e. The fourth-order valence-electron chi connectivity index (χ4n) is 2.69. The van der Waals surface area contributed by atoms with E-state index in [4.69, 9.17) is 0 Å². The van der Waals surface area contributed by atoms with Crippen LogP contribution in [0.1, 0.15) is 44.1 Å². The molecular weight excluding hydrogens is 242 g/mol. The number of hydrogen-bond acceptors (Lipinski definition) is 4. The monoisotopic (exact) mass is 261 g/mol. The van der Waals surface area contributed by atoms with Gasteiger partial charge in [-0.05, 0) is 30.7 Å². The smallest absolute Gasteiger partial charge is 0.147 e. The number of fused-ring (bicyclic) bond motifs is 1. The van der Waals surface area contributed by atoms with E-state index in [0.717, 1.165) is 11.3 Å². The number of thiophene rings is 1. The molecule has 1 aliphatic carbocycles. The minimum absolute atomic E-state index is 0.591. The highest BCUT2D eigenvalue weighted by Gasteiger charge is 2.15. The van der Waals surface area contributed by atoms with Crippen molar-refractivity contribution in [3.63, 3.8) is 0 Å². The summed E-state index contributed by atoms with van der Waals surface area (Å²) in [5.41, 5.74) is 2.35. The van der Waals surface area contributed by atoms with Crippen molar-refractivity contribution in [1.29, 1.82) is 0 Å². The minimum Gasteiger partial charge on any atom is -0.366 e. The summed E-state index contributed by atoms with van der Waals surface area (Å²) in [4.78, 5) is 8.81. The van der Waals surface area contributed by atoms with Crippen molar-refractivity contribution in [2.24, 2.45) is 0 Å². The third-order valence-corrected chi connectivity index (χ3v) is 4.82. The molecule has 1 N–H and O–H groups in total. The number of aryl methyl sites for hydroxylation is 1. The zero-order chi connectivity index (χ0) is 12.4. The fourth-order valence-corrected chi connectivity index (χ4v) is 3.64. The molecule has 0 bridgehead atoms. The van der Waals surface area contributed by atoms with Crippen LogP contribution in [0.15, 0.2) is 11.7 Å². The molecule has 0 saturated heterocycles. The average molecular weight is 261 g/mol. The van der Waals surface area contributed by atoms with Gasteiger partial charge in [-0.25, -0.2) is 9.97 Å². The Balaban J connectivity index is 1.85. The molecule has 0 unspecified atom stereocenters. The number of hydrogen-bond donors (Lipinski definition) is 1. The number of aromatic nitrogens is 2. The SMILES string of the molecule is Cc1csc2c(NC3CCCCCC3)ncnc12. The van der Waals surface area contributed by atoms with Gasteiger partial charge in [-0.1, -0.05) is 25.7 Å². The lowest BCUT2D eigenvalue weighted by molar-refractivity contribution is 0.618. The molecule has 4 heteroatoms. The van der Waals surface area contributed by atoms with Crippen LogP contribution in [0.2, 0.25) is 0 Å². The van der Waals surface area contributed by atoms with Gasteiger partial charge >= 0.3 is 0 Å². The first-order valence-electron chi connectivity index (χ1n) is 6.80. The molecule has 1 saturated carbocycles. The Morgan fingerprint density at radius 2 is 1.94 bits per heavy atom. The van der Waals surface area contributed by atoms with E-state index >= 15 is 0 Å². The largest absolute Gasteiger partial charge is 0.366 e. The Bertz CT molecular complexity index is 527. The first-order valence-corrected chi connectivity index (χ1v) is 7.68. The van der Waals surface area contributed by atoms with Gasteiger partial charge in [-0.2, -0.15) is 0 Å². The van der Waals surface area contributed by atoms with Crippen molar-refractivity contribution >= 4 is 27.4 Å². The van der Waals surface area contributed by atoms with Crippen molar-refractivity contribution < 1.29 is 0 Å².